The van der Waals surface area contributed by atoms with Crippen LogP contribution < -0.4 is 5.32 Å². The largest absolute Gasteiger partial charge is 0.383 e. The normalized spacial score (nSPS) is 33.8. The molecule has 1 saturated heterocycles. The first-order valence-corrected chi connectivity index (χ1v) is 4.66. The van der Waals surface area contributed by atoms with Crippen LogP contribution in [0.5, 0.6) is 0 Å². The molecular weight excluding hydrogens is 169 g/mol. The summed E-state index contributed by atoms with van der Waals surface area (Å²) in [6, 6.07) is 0.516. The third-order valence-electron chi connectivity index (χ3n) is 2.42. The van der Waals surface area contributed by atoms with E-state index >= 15 is 0 Å². The fourth-order valence-electron chi connectivity index (χ4n) is 1.60. The molecule has 0 bridgehead atoms. The number of nitrogens with one attached hydrogen (secondary N) is 1. The van der Waals surface area contributed by atoms with Gasteiger partial charge in [0.2, 0.25) is 0 Å². The van der Waals surface area contributed by atoms with Gasteiger partial charge < -0.3 is 19.5 Å². The fourth-order valence-corrected chi connectivity index (χ4v) is 1.60. The van der Waals surface area contributed by atoms with E-state index in [4.69, 9.17) is 14.2 Å². The Morgan fingerprint density at radius 1 is 1.54 bits per heavy atom. The van der Waals surface area contributed by atoms with Gasteiger partial charge in [0, 0.05) is 26.8 Å². The predicted octanol–water partition coefficient (Wildman–Crippen LogP) is -1.40. The Morgan fingerprint density at radius 2 is 2.31 bits per heavy atom. The molecule has 1 aliphatic rings. The average molecular weight is 187 g/mol. The zero-order valence-electron chi connectivity index (χ0n) is 8.58. The molecule has 1 unspecified atom stereocenters. The zero-order valence-corrected chi connectivity index (χ0v) is 8.58. The first kappa shape index (κ1) is 11.0. The molecule has 1 aliphatic heterocycles. The van der Waals surface area contributed by atoms with Gasteiger partial charge in [0.25, 0.3) is 0 Å². The van der Waals surface area contributed by atoms with Crippen LogP contribution in [-0.4, -0.2) is 60.0 Å². The summed E-state index contributed by atoms with van der Waals surface area (Å²) >= 11 is 0. The van der Waals surface area contributed by atoms with Gasteiger partial charge in [-0.1, -0.05) is 0 Å². The molecule has 13 heavy (non-hydrogen) atoms. The lowest BCUT2D eigenvalue weighted by Gasteiger charge is -2.20. The van der Waals surface area contributed by atoms with Gasteiger partial charge in [0.05, 0.1) is 25.4 Å². The van der Waals surface area contributed by atoms with Crippen LogP contribution in [0.2, 0.25) is 0 Å². The van der Waals surface area contributed by atoms with E-state index in [0.29, 0.717) is 12.6 Å². The molecule has 1 fully saturated rings. The molecule has 0 aliphatic carbocycles. The summed E-state index contributed by atoms with van der Waals surface area (Å²) in [6.07, 6.45) is 0.173. The predicted molar refractivity (Wildman–Crippen MR) is 52.7 cm³/mol. The molecule has 0 amide bonds. The van der Waals surface area contributed by atoms with Gasteiger partial charge >= 0.3 is 0 Å². The Labute approximate surface area is 80.3 Å². The first-order valence-electron chi connectivity index (χ1n) is 4.66. The number of hydrogen-bond donors (Lipinski definition) is 1. The van der Waals surface area contributed by atoms with Crippen LogP contribution in [0.3, 0.4) is 0 Å². The molecule has 4 nitrogen and oxygen atoms in total. The van der Waals surface area contributed by atoms with Gasteiger partial charge in [0.1, 0.15) is 7.85 Å². The molecule has 1 heterocycles. The molecule has 0 aromatic carbocycles. The van der Waals surface area contributed by atoms with E-state index in [1.807, 2.05) is 0 Å². The second kappa shape index (κ2) is 5.60. The average Bonchev–Trinajstić information content (AvgIpc) is 2.48. The van der Waals surface area contributed by atoms with Crippen molar-refractivity contribution in [3.8, 4) is 0 Å². The summed E-state index contributed by atoms with van der Waals surface area (Å²) in [5, 5.41) is 3.36. The third kappa shape index (κ3) is 2.95. The van der Waals surface area contributed by atoms with Gasteiger partial charge in [-0.05, 0) is 0 Å². The van der Waals surface area contributed by atoms with Crippen molar-refractivity contribution < 1.29 is 14.2 Å². The van der Waals surface area contributed by atoms with Crippen molar-refractivity contribution in [2.75, 3.05) is 34.0 Å². The highest BCUT2D eigenvalue weighted by atomic mass is 16.5. The zero-order chi connectivity index (χ0) is 9.68. The van der Waals surface area contributed by atoms with Crippen LogP contribution in [0.4, 0.5) is 0 Å². The van der Waals surface area contributed by atoms with E-state index in [1.54, 1.807) is 14.2 Å². The van der Waals surface area contributed by atoms with Crippen LogP contribution >= 0.6 is 0 Å². The van der Waals surface area contributed by atoms with Gasteiger partial charge in [0.15, 0.2) is 0 Å². The summed E-state index contributed by atoms with van der Waals surface area (Å²) in [4.78, 5) is 0. The third-order valence-corrected chi connectivity index (χ3v) is 2.42. The van der Waals surface area contributed by atoms with E-state index < -0.39 is 0 Å². The molecule has 0 radical (unpaired) electrons. The molecule has 0 aromatic rings. The van der Waals surface area contributed by atoms with Crippen molar-refractivity contribution in [3.05, 3.63) is 0 Å². The molecule has 5 heteroatoms. The maximum Gasteiger partial charge on any atom is 0.141 e. The van der Waals surface area contributed by atoms with Crippen molar-refractivity contribution in [2.45, 2.75) is 18.1 Å². The summed E-state index contributed by atoms with van der Waals surface area (Å²) < 4.78 is 15.7. The Morgan fingerprint density at radius 3 is 2.92 bits per heavy atom. The van der Waals surface area contributed by atoms with Crippen LogP contribution in [0, 0.1) is 0 Å². The van der Waals surface area contributed by atoms with Gasteiger partial charge in [-0.3, -0.25) is 0 Å². The maximum atomic E-state index is 5.47. The minimum atomic E-state index is 0.173. The van der Waals surface area contributed by atoms with Crippen molar-refractivity contribution in [1.29, 1.82) is 0 Å². The van der Waals surface area contributed by atoms with Crippen LogP contribution in [-0.2, 0) is 14.2 Å². The standard InChI is InChI=1S/C8H18BNO3/c1-11-4-3-10-7-6(12-2)5-13-8(7)9/h6-8,10H,3-5,9H2,1-2H3/t6?,7-,8+/m0/s1. The maximum absolute atomic E-state index is 5.47. The van der Waals surface area contributed by atoms with E-state index in [9.17, 15) is 0 Å². The summed E-state index contributed by atoms with van der Waals surface area (Å²) in [6.45, 7) is 2.25. The van der Waals surface area contributed by atoms with E-state index in [0.717, 1.165) is 13.2 Å². The monoisotopic (exact) mass is 187 g/mol. The van der Waals surface area contributed by atoms with E-state index in [2.05, 4.69) is 13.2 Å². The first-order chi connectivity index (χ1) is 6.29. The number of hydrogen-bond acceptors (Lipinski definition) is 4. The lowest BCUT2D eigenvalue weighted by molar-refractivity contribution is 0.0711. The lowest BCUT2D eigenvalue weighted by atomic mass is 9.91. The lowest BCUT2D eigenvalue weighted by Crippen LogP contribution is -2.45. The van der Waals surface area contributed by atoms with Gasteiger partial charge in [-0.2, -0.15) is 0 Å². The Kier molecular flexibility index (Phi) is 4.73. The molecule has 0 saturated carbocycles. The highest BCUT2D eigenvalue weighted by Gasteiger charge is 2.33. The van der Waals surface area contributed by atoms with Crippen molar-refractivity contribution in [1.82, 2.24) is 5.32 Å². The summed E-state index contributed by atoms with van der Waals surface area (Å²) in [5.74, 6) is 0. The molecule has 1 N–H and O–H groups in total. The van der Waals surface area contributed by atoms with E-state index in [-0.39, 0.29) is 12.1 Å². The quantitative estimate of drug-likeness (QED) is 0.424. The number of ether oxygens (including phenoxy) is 3. The molecule has 76 valence electrons. The molecule has 0 spiro atoms. The molecular formula is C8H18BNO3. The Balaban J connectivity index is 2.27. The van der Waals surface area contributed by atoms with E-state index in [1.165, 1.54) is 0 Å². The molecule has 1 rings (SSSR count). The number of methoxy groups -OCH3 is 2. The topological polar surface area (TPSA) is 39.7 Å². The van der Waals surface area contributed by atoms with Crippen LogP contribution in [0.25, 0.3) is 0 Å². The Bertz CT molecular complexity index is 147. The second-order valence-electron chi connectivity index (χ2n) is 3.29. The smallest absolute Gasteiger partial charge is 0.141 e. The Hall–Kier alpha value is -0.0951. The van der Waals surface area contributed by atoms with Gasteiger partial charge in [-0.15, -0.1) is 0 Å². The second-order valence-corrected chi connectivity index (χ2v) is 3.29. The van der Waals surface area contributed by atoms with Crippen molar-refractivity contribution in [3.63, 3.8) is 0 Å². The van der Waals surface area contributed by atoms with Gasteiger partial charge in [-0.25, -0.2) is 0 Å². The SMILES string of the molecule is B[C@@H]1OCC(OC)[C@@H]1NCCOC. The van der Waals surface area contributed by atoms with Crippen LogP contribution in [0.1, 0.15) is 0 Å². The minimum Gasteiger partial charge on any atom is -0.383 e. The highest BCUT2D eigenvalue weighted by Crippen LogP contribution is 2.13. The highest BCUT2D eigenvalue weighted by molar-refractivity contribution is 6.11. The van der Waals surface area contributed by atoms with Crippen molar-refractivity contribution in [2.24, 2.45) is 0 Å². The molecule has 0 aromatic heterocycles. The summed E-state index contributed by atoms with van der Waals surface area (Å²) in [7, 11) is 5.48. The number of rotatable bonds is 5. The van der Waals surface area contributed by atoms with Crippen molar-refractivity contribution >= 4 is 7.85 Å². The van der Waals surface area contributed by atoms with Crippen LogP contribution in [0.15, 0.2) is 0 Å². The fraction of sp³-hybridized carbons (Fsp3) is 1.00. The summed E-state index contributed by atoms with van der Waals surface area (Å²) in [5.41, 5.74) is 0. The molecule has 3 atom stereocenters. The minimum absolute atomic E-state index is 0.173.